The molecule has 11 heteroatoms. The molecule has 0 aliphatic heterocycles. The maximum atomic E-state index is 13.3. The maximum absolute atomic E-state index is 13.3. The number of phenolic OH excluding ortho intramolecular Hbond substituents is 1. The summed E-state index contributed by atoms with van der Waals surface area (Å²) in [4.78, 5) is 41.9. The summed E-state index contributed by atoms with van der Waals surface area (Å²) in [7, 11) is 1.24. The number of rotatable bonds is 14. The van der Waals surface area contributed by atoms with Gasteiger partial charge in [-0.05, 0) is 54.7 Å². The lowest BCUT2D eigenvalue weighted by molar-refractivity contribution is -0.145. The Bertz CT molecular complexity index is 1270. The van der Waals surface area contributed by atoms with E-state index in [1.54, 1.807) is 18.3 Å². The zero-order valence-electron chi connectivity index (χ0n) is 22.9. The molecule has 7 N–H and O–H groups in total. The molecule has 1 aromatic heterocycles. The van der Waals surface area contributed by atoms with Gasteiger partial charge in [-0.3, -0.25) is 9.59 Å². The zero-order valence-corrected chi connectivity index (χ0v) is 22.9. The highest BCUT2D eigenvalue weighted by Gasteiger charge is 2.31. The number of nitrogens with one attached hydrogen (secondary N) is 3. The Kier molecular flexibility index (Phi) is 10.9. The molecule has 2 aromatic carbocycles. The van der Waals surface area contributed by atoms with Crippen molar-refractivity contribution in [2.75, 3.05) is 13.7 Å². The fraction of sp³-hybridized carbons (Fsp3) is 0.414. The molecule has 3 rings (SSSR count). The van der Waals surface area contributed by atoms with E-state index < -0.39 is 42.0 Å². The molecule has 0 unspecified atom stereocenters. The first-order valence-corrected chi connectivity index (χ1v) is 13.2. The first-order valence-electron chi connectivity index (χ1n) is 13.2. The third kappa shape index (κ3) is 8.45. The number of nitrogens with two attached hydrogens (primary N) is 1. The summed E-state index contributed by atoms with van der Waals surface area (Å²) < 4.78 is 10.5. The van der Waals surface area contributed by atoms with E-state index in [2.05, 4.69) is 15.6 Å². The standard InChI is InChI=1S/C29H38N4O7/c1-17(2)14-24(32-28(37)26(35)22(30)12-13-40-20-10-8-19(34)9-11-20)27(36)33-25(29(38)39-3)15-18-16-31-23-7-5-4-6-21(18)23/h4-11,16-17,22,24-26,31,34-35H,12-15,30H2,1-3H3,(H,32,37)(H,33,36)/t22-,24+,25+,26+/m1/s1. The van der Waals surface area contributed by atoms with Crippen LogP contribution in [0.25, 0.3) is 10.9 Å². The summed E-state index contributed by atoms with van der Waals surface area (Å²) in [5, 5.41) is 26.1. The van der Waals surface area contributed by atoms with Crippen LogP contribution in [0.5, 0.6) is 11.5 Å². The number of carbonyl (C=O) groups excluding carboxylic acids is 3. The predicted molar refractivity (Wildman–Crippen MR) is 150 cm³/mol. The minimum atomic E-state index is -1.59. The van der Waals surface area contributed by atoms with Crippen LogP contribution < -0.4 is 21.1 Å². The molecular formula is C29H38N4O7. The molecule has 1 heterocycles. The molecule has 3 aromatic rings. The van der Waals surface area contributed by atoms with Crippen LogP contribution in [0.2, 0.25) is 0 Å². The van der Waals surface area contributed by atoms with E-state index in [0.29, 0.717) is 5.75 Å². The number of aromatic nitrogens is 1. The second-order valence-electron chi connectivity index (χ2n) is 10.1. The van der Waals surface area contributed by atoms with Crippen molar-refractivity contribution in [2.45, 2.75) is 57.3 Å². The quantitative estimate of drug-likeness (QED) is 0.163. The third-order valence-electron chi connectivity index (χ3n) is 6.47. The van der Waals surface area contributed by atoms with Gasteiger partial charge in [0.2, 0.25) is 5.91 Å². The van der Waals surface area contributed by atoms with Crippen LogP contribution in [0.4, 0.5) is 0 Å². The monoisotopic (exact) mass is 554 g/mol. The number of aliphatic hydroxyl groups excluding tert-OH is 1. The number of carbonyl (C=O) groups is 3. The van der Waals surface area contributed by atoms with Crippen molar-refractivity contribution in [1.82, 2.24) is 15.6 Å². The summed E-state index contributed by atoms with van der Waals surface area (Å²) in [6, 6.07) is 10.8. The van der Waals surface area contributed by atoms with Crippen molar-refractivity contribution in [3.8, 4) is 11.5 Å². The fourth-order valence-corrected chi connectivity index (χ4v) is 4.30. The van der Waals surface area contributed by atoms with Crippen molar-refractivity contribution in [3.63, 3.8) is 0 Å². The molecule has 216 valence electrons. The van der Waals surface area contributed by atoms with E-state index in [0.717, 1.165) is 16.5 Å². The maximum Gasteiger partial charge on any atom is 0.328 e. The number of para-hydroxylation sites is 1. The van der Waals surface area contributed by atoms with E-state index in [-0.39, 0.29) is 37.5 Å². The number of benzene rings is 2. The van der Waals surface area contributed by atoms with E-state index >= 15 is 0 Å². The van der Waals surface area contributed by atoms with Gasteiger partial charge in [0, 0.05) is 29.6 Å². The highest BCUT2D eigenvalue weighted by Crippen LogP contribution is 2.20. The molecule has 0 saturated carbocycles. The van der Waals surface area contributed by atoms with Gasteiger partial charge in [-0.1, -0.05) is 32.0 Å². The number of H-pyrrole nitrogens is 1. The summed E-state index contributed by atoms with van der Waals surface area (Å²) in [6.07, 6.45) is 0.798. The third-order valence-corrected chi connectivity index (χ3v) is 6.47. The number of phenols is 1. The lowest BCUT2D eigenvalue weighted by Gasteiger charge is -2.25. The average molecular weight is 555 g/mol. The van der Waals surface area contributed by atoms with Gasteiger partial charge in [0.25, 0.3) is 5.91 Å². The number of esters is 1. The van der Waals surface area contributed by atoms with Gasteiger partial charge in [0.15, 0.2) is 0 Å². The Hall–Kier alpha value is -4.09. The Balaban J connectivity index is 1.62. The molecule has 11 nitrogen and oxygen atoms in total. The minimum absolute atomic E-state index is 0.0192. The number of hydrogen-bond acceptors (Lipinski definition) is 8. The van der Waals surface area contributed by atoms with Gasteiger partial charge >= 0.3 is 5.97 Å². The van der Waals surface area contributed by atoms with Crippen molar-refractivity contribution in [3.05, 3.63) is 60.3 Å². The molecule has 0 aliphatic rings. The Labute approximate surface area is 233 Å². The second kappa shape index (κ2) is 14.3. The van der Waals surface area contributed by atoms with Gasteiger partial charge in [0.05, 0.1) is 13.7 Å². The molecule has 0 saturated heterocycles. The normalized spacial score (nSPS) is 14.2. The summed E-state index contributed by atoms with van der Waals surface area (Å²) in [6.45, 7) is 3.90. The van der Waals surface area contributed by atoms with Crippen molar-refractivity contribution in [1.29, 1.82) is 0 Å². The minimum Gasteiger partial charge on any atom is -0.508 e. The smallest absolute Gasteiger partial charge is 0.328 e. The SMILES string of the molecule is COC(=O)[C@H](Cc1c[nH]c2ccccc12)NC(=O)[C@H](CC(C)C)NC(=O)[C@@H](O)[C@H](N)CCOc1ccc(O)cc1. The second-order valence-corrected chi connectivity index (χ2v) is 10.1. The van der Waals surface area contributed by atoms with Gasteiger partial charge in [-0.2, -0.15) is 0 Å². The summed E-state index contributed by atoms with van der Waals surface area (Å²) >= 11 is 0. The van der Waals surface area contributed by atoms with E-state index in [1.165, 1.54) is 19.2 Å². The molecule has 0 bridgehead atoms. The summed E-state index contributed by atoms with van der Waals surface area (Å²) in [5.74, 6) is -1.37. The molecule has 0 fully saturated rings. The number of hydrogen-bond donors (Lipinski definition) is 6. The number of aromatic hydroxyl groups is 1. The molecular weight excluding hydrogens is 516 g/mol. The van der Waals surface area contributed by atoms with Crippen molar-refractivity contribution in [2.24, 2.45) is 11.7 Å². The average Bonchev–Trinajstić information content (AvgIpc) is 3.34. The van der Waals surface area contributed by atoms with Gasteiger partial charge in [-0.25, -0.2) is 4.79 Å². The number of aliphatic hydroxyl groups is 1. The predicted octanol–water partition coefficient (Wildman–Crippen LogP) is 1.76. The highest BCUT2D eigenvalue weighted by molar-refractivity contribution is 5.92. The van der Waals surface area contributed by atoms with Crippen LogP contribution in [-0.4, -0.2) is 70.9 Å². The number of methoxy groups -OCH3 is 1. The van der Waals surface area contributed by atoms with E-state index in [9.17, 15) is 24.6 Å². The lowest BCUT2D eigenvalue weighted by Crippen LogP contribution is -2.56. The van der Waals surface area contributed by atoms with Crippen molar-refractivity contribution >= 4 is 28.7 Å². The number of ether oxygens (including phenoxy) is 2. The summed E-state index contributed by atoms with van der Waals surface area (Å²) in [5.41, 5.74) is 7.75. The Morgan fingerprint density at radius 2 is 1.68 bits per heavy atom. The Morgan fingerprint density at radius 3 is 2.35 bits per heavy atom. The lowest BCUT2D eigenvalue weighted by atomic mass is 10.00. The molecule has 2 amide bonds. The van der Waals surface area contributed by atoms with E-state index in [4.69, 9.17) is 15.2 Å². The largest absolute Gasteiger partial charge is 0.508 e. The topological polar surface area (TPSA) is 176 Å². The molecule has 40 heavy (non-hydrogen) atoms. The molecule has 0 radical (unpaired) electrons. The van der Waals surface area contributed by atoms with Crippen LogP contribution in [0, 0.1) is 5.92 Å². The highest BCUT2D eigenvalue weighted by atomic mass is 16.5. The van der Waals surface area contributed by atoms with Crippen LogP contribution in [0.15, 0.2) is 54.7 Å². The van der Waals surface area contributed by atoms with Crippen LogP contribution in [-0.2, 0) is 25.5 Å². The van der Waals surface area contributed by atoms with Crippen LogP contribution in [0.1, 0.15) is 32.3 Å². The number of fused-ring (bicyclic) bond motifs is 1. The van der Waals surface area contributed by atoms with Gasteiger partial charge < -0.3 is 41.0 Å². The van der Waals surface area contributed by atoms with Gasteiger partial charge in [0.1, 0.15) is 29.7 Å². The molecule has 0 spiro atoms. The first-order chi connectivity index (χ1) is 19.1. The molecule has 0 aliphatic carbocycles. The van der Waals surface area contributed by atoms with Crippen LogP contribution >= 0.6 is 0 Å². The number of amides is 2. The first kappa shape index (κ1) is 30.5. The van der Waals surface area contributed by atoms with Gasteiger partial charge in [-0.15, -0.1) is 0 Å². The zero-order chi connectivity index (χ0) is 29.2. The Morgan fingerprint density at radius 1 is 1.00 bits per heavy atom. The number of aromatic amines is 1. The van der Waals surface area contributed by atoms with Crippen molar-refractivity contribution < 1.29 is 34.1 Å². The van der Waals surface area contributed by atoms with Crippen LogP contribution in [0.3, 0.4) is 0 Å². The van der Waals surface area contributed by atoms with E-state index in [1.807, 2.05) is 38.1 Å². The fourth-order valence-electron chi connectivity index (χ4n) is 4.30. The molecule has 4 atom stereocenters.